The highest BCUT2D eigenvalue weighted by molar-refractivity contribution is 5.00. The molecule has 0 aliphatic carbocycles. The molecule has 2 rings (SSSR count). The van der Waals surface area contributed by atoms with E-state index in [1.807, 2.05) is 24.7 Å². The predicted molar refractivity (Wildman–Crippen MR) is 66.6 cm³/mol. The molecule has 1 N–H and O–H groups in total. The molecular weight excluding hydrogens is 214 g/mol. The van der Waals surface area contributed by atoms with E-state index >= 15 is 0 Å². The molecule has 92 valence electrons. The summed E-state index contributed by atoms with van der Waals surface area (Å²) in [5.41, 5.74) is 1.24. The number of rotatable bonds is 7. The number of hydrogen-bond donors (Lipinski definition) is 1. The minimum atomic E-state index is 0.862. The first-order chi connectivity index (χ1) is 8.40. The number of aryl methyl sites for hydroxylation is 1. The van der Waals surface area contributed by atoms with Gasteiger partial charge in [0.1, 0.15) is 5.76 Å². The van der Waals surface area contributed by atoms with E-state index in [9.17, 15) is 0 Å². The SMILES string of the molecule is CCCn1cncc1CNCCc1ccco1. The largest absolute Gasteiger partial charge is 0.469 e. The lowest BCUT2D eigenvalue weighted by Gasteiger charge is -2.07. The van der Waals surface area contributed by atoms with Crippen molar-refractivity contribution in [3.8, 4) is 0 Å². The third-order valence-electron chi connectivity index (χ3n) is 2.70. The first kappa shape index (κ1) is 11.9. The van der Waals surface area contributed by atoms with Gasteiger partial charge in [0.05, 0.1) is 18.3 Å². The first-order valence-corrected chi connectivity index (χ1v) is 6.12. The zero-order valence-electron chi connectivity index (χ0n) is 10.2. The topological polar surface area (TPSA) is 43.0 Å². The maximum Gasteiger partial charge on any atom is 0.105 e. The fourth-order valence-electron chi connectivity index (χ4n) is 1.82. The van der Waals surface area contributed by atoms with Crippen LogP contribution in [-0.4, -0.2) is 16.1 Å². The number of nitrogens with one attached hydrogen (secondary N) is 1. The van der Waals surface area contributed by atoms with Gasteiger partial charge in [-0.2, -0.15) is 0 Å². The van der Waals surface area contributed by atoms with E-state index in [4.69, 9.17) is 4.42 Å². The van der Waals surface area contributed by atoms with Crippen LogP contribution in [0.4, 0.5) is 0 Å². The number of imidazole rings is 1. The van der Waals surface area contributed by atoms with Gasteiger partial charge in [-0.05, 0) is 18.6 Å². The molecule has 0 unspecified atom stereocenters. The van der Waals surface area contributed by atoms with Crippen LogP contribution in [0.15, 0.2) is 35.3 Å². The second-order valence-electron chi connectivity index (χ2n) is 4.08. The molecule has 4 nitrogen and oxygen atoms in total. The molecule has 2 heterocycles. The summed E-state index contributed by atoms with van der Waals surface area (Å²) in [6, 6.07) is 3.93. The van der Waals surface area contributed by atoms with Gasteiger partial charge >= 0.3 is 0 Å². The van der Waals surface area contributed by atoms with Crippen LogP contribution in [0.3, 0.4) is 0 Å². The Balaban J connectivity index is 1.72. The number of furan rings is 1. The quantitative estimate of drug-likeness (QED) is 0.746. The first-order valence-electron chi connectivity index (χ1n) is 6.12. The molecule has 0 spiro atoms. The lowest BCUT2D eigenvalue weighted by Crippen LogP contribution is -2.18. The Morgan fingerprint density at radius 1 is 1.47 bits per heavy atom. The van der Waals surface area contributed by atoms with Crippen LogP contribution in [0.2, 0.25) is 0 Å². The fourth-order valence-corrected chi connectivity index (χ4v) is 1.82. The van der Waals surface area contributed by atoms with Crippen molar-refractivity contribution in [1.82, 2.24) is 14.9 Å². The second kappa shape index (κ2) is 6.25. The number of aromatic nitrogens is 2. The summed E-state index contributed by atoms with van der Waals surface area (Å²) >= 11 is 0. The molecule has 0 atom stereocenters. The van der Waals surface area contributed by atoms with E-state index in [1.54, 1.807) is 6.26 Å². The summed E-state index contributed by atoms with van der Waals surface area (Å²) < 4.78 is 7.47. The normalized spacial score (nSPS) is 10.9. The Bertz CT molecular complexity index is 420. The Morgan fingerprint density at radius 3 is 3.18 bits per heavy atom. The van der Waals surface area contributed by atoms with Crippen molar-refractivity contribution in [2.24, 2.45) is 0 Å². The lowest BCUT2D eigenvalue weighted by atomic mass is 10.3. The maximum atomic E-state index is 5.28. The maximum absolute atomic E-state index is 5.28. The molecule has 0 bridgehead atoms. The van der Waals surface area contributed by atoms with Crippen LogP contribution in [0.5, 0.6) is 0 Å². The molecule has 0 radical (unpaired) electrons. The molecule has 17 heavy (non-hydrogen) atoms. The van der Waals surface area contributed by atoms with Crippen LogP contribution in [0.25, 0.3) is 0 Å². The minimum Gasteiger partial charge on any atom is -0.469 e. The molecule has 0 fully saturated rings. The zero-order valence-corrected chi connectivity index (χ0v) is 10.2. The monoisotopic (exact) mass is 233 g/mol. The number of nitrogens with zero attached hydrogens (tertiary/aromatic N) is 2. The summed E-state index contributed by atoms with van der Waals surface area (Å²) in [6.45, 7) is 4.99. The Kier molecular flexibility index (Phi) is 4.38. The lowest BCUT2D eigenvalue weighted by molar-refractivity contribution is 0.496. The summed E-state index contributed by atoms with van der Waals surface area (Å²) in [5, 5.41) is 3.40. The predicted octanol–water partition coefficient (Wildman–Crippen LogP) is 2.22. The molecule has 0 saturated carbocycles. The molecule has 2 aromatic heterocycles. The van der Waals surface area contributed by atoms with Gasteiger partial charge < -0.3 is 14.3 Å². The molecule has 2 aromatic rings. The van der Waals surface area contributed by atoms with E-state index in [0.717, 1.165) is 38.2 Å². The molecule has 4 heteroatoms. The molecule has 0 saturated heterocycles. The average Bonchev–Trinajstić information content (AvgIpc) is 2.96. The molecule has 0 aliphatic rings. The average molecular weight is 233 g/mol. The van der Waals surface area contributed by atoms with Gasteiger partial charge in [-0.15, -0.1) is 0 Å². The molecule has 0 amide bonds. The van der Waals surface area contributed by atoms with Crippen LogP contribution in [0, 0.1) is 0 Å². The third-order valence-corrected chi connectivity index (χ3v) is 2.70. The van der Waals surface area contributed by atoms with Crippen molar-refractivity contribution in [1.29, 1.82) is 0 Å². The standard InChI is InChI=1S/C13H19N3O/c1-2-7-16-11-15-10-12(16)9-14-6-5-13-4-3-8-17-13/h3-4,8,10-11,14H,2,5-7,9H2,1H3. The Hall–Kier alpha value is -1.55. The van der Waals surface area contributed by atoms with Crippen molar-refractivity contribution in [3.63, 3.8) is 0 Å². The van der Waals surface area contributed by atoms with Gasteiger partial charge in [-0.3, -0.25) is 0 Å². The Morgan fingerprint density at radius 2 is 2.41 bits per heavy atom. The van der Waals surface area contributed by atoms with Gasteiger partial charge in [-0.1, -0.05) is 6.92 Å². The van der Waals surface area contributed by atoms with Crippen molar-refractivity contribution in [3.05, 3.63) is 42.4 Å². The summed E-state index contributed by atoms with van der Waals surface area (Å²) in [4.78, 5) is 4.17. The van der Waals surface area contributed by atoms with Crippen LogP contribution in [0.1, 0.15) is 24.8 Å². The highest BCUT2D eigenvalue weighted by Crippen LogP contribution is 2.02. The van der Waals surface area contributed by atoms with Gasteiger partial charge in [0, 0.05) is 32.3 Å². The third kappa shape index (κ3) is 3.46. The molecule has 0 aliphatic heterocycles. The van der Waals surface area contributed by atoms with E-state index in [0.29, 0.717) is 0 Å². The van der Waals surface area contributed by atoms with Gasteiger partial charge in [0.2, 0.25) is 0 Å². The molecule has 0 aromatic carbocycles. The van der Waals surface area contributed by atoms with Crippen molar-refractivity contribution in [2.75, 3.05) is 6.54 Å². The summed E-state index contributed by atoms with van der Waals surface area (Å²) in [5.74, 6) is 1.03. The summed E-state index contributed by atoms with van der Waals surface area (Å²) in [7, 11) is 0. The highest BCUT2D eigenvalue weighted by Gasteiger charge is 2.01. The smallest absolute Gasteiger partial charge is 0.105 e. The van der Waals surface area contributed by atoms with Crippen LogP contribution in [-0.2, 0) is 19.5 Å². The van der Waals surface area contributed by atoms with Gasteiger partial charge in [-0.25, -0.2) is 4.98 Å². The van der Waals surface area contributed by atoms with E-state index in [2.05, 4.69) is 21.8 Å². The van der Waals surface area contributed by atoms with E-state index in [1.165, 1.54) is 5.69 Å². The van der Waals surface area contributed by atoms with Crippen LogP contribution < -0.4 is 5.32 Å². The van der Waals surface area contributed by atoms with Crippen molar-refractivity contribution >= 4 is 0 Å². The number of hydrogen-bond acceptors (Lipinski definition) is 3. The van der Waals surface area contributed by atoms with Crippen molar-refractivity contribution < 1.29 is 4.42 Å². The van der Waals surface area contributed by atoms with Gasteiger partial charge in [0.25, 0.3) is 0 Å². The minimum absolute atomic E-state index is 0.862. The fraction of sp³-hybridized carbons (Fsp3) is 0.462. The van der Waals surface area contributed by atoms with Crippen LogP contribution >= 0.6 is 0 Å². The zero-order chi connectivity index (χ0) is 11.9. The van der Waals surface area contributed by atoms with Gasteiger partial charge in [0.15, 0.2) is 0 Å². The Labute approximate surface area is 102 Å². The van der Waals surface area contributed by atoms with E-state index in [-0.39, 0.29) is 0 Å². The molecular formula is C13H19N3O. The second-order valence-corrected chi connectivity index (χ2v) is 4.08. The summed E-state index contributed by atoms with van der Waals surface area (Å²) in [6.07, 6.45) is 7.60. The highest BCUT2D eigenvalue weighted by atomic mass is 16.3. The van der Waals surface area contributed by atoms with Crippen molar-refractivity contribution in [2.45, 2.75) is 32.9 Å². The van der Waals surface area contributed by atoms with E-state index < -0.39 is 0 Å².